The number of H-pyrrole nitrogens is 1. The first kappa shape index (κ1) is 10.9. The number of aromatic nitrogens is 1. The van der Waals surface area contributed by atoms with Crippen molar-refractivity contribution in [2.75, 3.05) is 0 Å². The van der Waals surface area contributed by atoms with Gasteiger partial charge in [0.25, 0.3) is 12.0 Å². The molecular weight excluding hydrogens is 204 g/mol. The fourth-order valence-corrected chi connectivity index (χ4v) is 1.10. The largest absolute Gasteiger partial charge is 0.324 e. The van der Waals surface area contributed by atoms with Gasteiger partial charge in [0, 0.05) is 11.3 Å². The van der Waals surface area contributed by atoms with E-state index >= 15 is 0 Å². The van der Waals surface area contributed by atoms with Gasteiger partial charge in [-0.15, -0.1) is 0 Å². The topological polar surface area (TPSA) is 80.4 Å². The van der Waals surface area contributed by atoms with E-state index in [2.05, 4.69) is 4.98 Å². The van der Waals surface area contributed by atoms with Crippen LogP contribution in [0, 0.1) is 22.7 Å². The number of aromatic amines is 1. The average molecular weight is 209 g/mol. The summed E-state index contributed by atoms with van der Waals surface area (Å²) in [5.74, 6) is 0. The van der Waals surface area contributed by atoms with Gasteiger partial charge in [0.05, 0.1) is 12.5 Å². The molecule has 15 heavy (non-hydrogen) atoms. The minimum atomic E-state index is -2.90. The van der Waals surface area contributed by atoms with Crippen molar-refractivity contribution in [2.45, 2.75) is 12.8 Å². The molecule has 0 atom stereocenters. The summed E-state index contributed by atoms with van der Waals surface area (Å²) in [7, 11) is 0. The van der Waals surface area contributed by atoms with Gasteiger partial charge in [0.1, 0.15) is 11.6 Å². The van der Waals surface area contributed by atoms with Gasteiger partial charge in [-0.25, -0.2) is 8.78 Å². The van der Waals surface area contributed by atoms with Crippen LogP contribution in [-0.2, 0) is 6.42 Å². The molecule has 76 valence electrons. The summed E-state index contributed by atoms with van der Waals surface area (Å²) in [6.07, 6.45) is -3.08. The molecule has 1 N–H and O–H groups in total. The maximum Gasteiger partial charge on any atom is 0.266 e. The van der Waals surface area contributed by atoms with Gasteiger partial charge in [-0.2, -0.15) is 10.5 Å². The molecule has 0 aliphatic rings. The van der Waals surface area contributed by atoms with E-state index in [-0.39, 0.29) is 12.1 Å². The van der Waals surface area contributed by atoms with Gasteiger partial charge in [-0.05, 0) is 6.07 Å². The van der Waals surface area contributed by atoms with Crippen LogP contribution in [0.4, 0.5) is 8.78 Å². The third-order valence-electron chi connectivity index (χ3n) is 1.74. The van der Waals surface area contributed by atoms with Gasteiger partial charge < -0.3 is 4.98 Å². The zero-order valence-electron chi connectivity index (χ0n) is 7.42. The van der Waals surface area contributed by atoms with Crippen LogP contribution < -0.4 is 5.56 Å². The molecule has 6 heteroatoms. The van der Waals surface area contributed by atoms with Crippen molar-refractivity contribution in [3.05, 3.63) is 33.2 Å². The number of alkyl halides is 2. The van der Waals surface area contributed by atoms with E-state index in [1.807, 2.05) is 0 Å². The summed E-state index contributed by atoms with van der Waals surface area (Å²) in [4.78, 5) is 13.3. The number of nitriles is 2. The van der Waals surface area contributed by atoms with E-state index in [9.17, 15) is 13.6 Å². The number of nitrogens with one attached hydrogen (secondary N) is 1. The highest BCUT2D eigenvalue weighted by Crippen LogP contribution is 2.20. The number of halogens is 2. The van der Waals surface area contributed by atoms with Crippen molar-refractivity contribution >= 4 is 0 Å². The molecule has 0 aliphatic carbocycles. The first-order valence-electron chi connectivity index (χ1n) is 3.91. The third kappa shape index (κ3) is 2.18. The molecule has 4 nitrogen and oxygen atoms in total. The molecule has 0 radical (unpaired) electrons. The highest BCUT2D eigenvalue weighted by atomic mass is 19.3. The van der Waals surface area contributed by atoms with Crippen LogP contribution in [-0.4, -0.2) is 4.98 Å². The molecule has 0 bridgehead atoms. The first-order chi connectivity index (χ1) is 7.10. The Hall–Kier alpha value is -2.21. The average Bonchev–Trinajstić information content (AvgIpc) is 2.17. The third-order valence-corrected chi connectivity index (χ3v) is 1.74. The second-order valence-corrected chi connectivity index (χ2v) is 2.70. The summed E-state index contributed by atoms with van der Waals surface area (Å²) in [5.41, 5.74) is -2.05. The van der Waals surface area contributed by atoms with Crippen LogP contribution in [0.3, 0.4) is 0 Å². The van der Waals surface area contributed by atoms with Crippen LogP contribution in [0.15, 0.2) is 10.9 Å². The fraction of sp³-hybridized carbons (Fsp3) is 0.222. The Morgan fingerprint density at radius 3 is 2.60 bits per heavy atom. The fourth-order valence-electron chi connectivity index (χ4n) is 1.10. The number of hydrogen-bond acceptors (Lipinski definition) is 3. The molecule has 1 aromatic heterocycles. The lowest BCUT2D eigenvalue weighted by Gasteiger charge is -2.03. The second kappa shape index (κ2) is 4.34. The Morgan fingerprint density at radius 2 is 2.13 bits per heavy atom. The minimum Gasteiger partial charge on any atom is -0.324 e. The molecule has 0 saturated carbocycles. The monoisotopic (exact) mass is 209 g/mol. The highest BCUT2D eigenvalue weighted by molar-refractivity contribution is 5.37. The van der Waals surface area contributed by atoms with Crippen molar-refractivity contribution in [3.8, 4) is 12.1 Å². The van der Waals surface area contributed by atoms with Crippen molar-refractivity contribution in [3.63, 3.8) is 0 Å². The Balaban J connectivity index is 3.42. The molecule has 0 unspecified atom stereocenters. The number of hydrogen-bond donors (Lipinski definition) is 1. The normalized spacial score (nSPS) is 9.67. The lowest BCUT2D eigenvalue weighted by Crippen LogP contribution is -2.15. The lowest BCUT2D eigenvalue weighted by molar-refractivity contribution is 0.150. The Morgan fingerprint density at radius 1 is 1.47 bits per heavy atom. The van der Waals surface area contributed by atoms with Gasteiger partial charge in [-0.1, -0.05) is 0 Å². The van der Waals surface area contributed by atoms with Crippen LogP contribution >= 0.6 is 0 Å². The molecule has 0 amide bonds. The summed E-state index contributed by atoms with van der Waals surface area (Å²) >= 11 is 0. The molecule has 1 heterocycles. The Kier molecular flexibility index (Phi) is 3.14. The van der Waals surface area contributed by atoms with E-state index in [0.29, 0.717) is 0 Å². The van der Waals surface area contributed by atoms with Gasteiger partial charge in [0.2, 0.25) is 0 Å². The highest BCUT2D eigenvalue weighted by Gasteiger charge is 2.17. The van der Waals surface area contributed by atoms with Gasteiger partial charge >= 0.3 is 0 Å². The number of nitrogens with zero attached hydrogens (tertiary/aromatic N) is 2. The summed E-state index contributed by atoms with van der Waals surface area (Å²) in [6, 6.07) is 4.09. The van der Waals surface area contributed by atoms with Crippen molar-refractivity contribution in [2.24, 2.45) is 0 Å². The lowest BCUT2D eigenvalue weighted by atomic mass is 10.1. The van der Waals surface area contributed by atoms with Crippen molar-refractivity contribution in [1.29, 1.82) is 10.5 Å². The molecule has 0 saturated heterocycles. The quantitative estimate of drug-likeness (QED) is 0.795. The predicted octanol–water partition coefficient (Wildman–Crippen LogP) is 1.25. The predicted molar refractivity (Wildman–Crippen MR) is 46.1 cm³/mol. The molecule has 0 aromatic carbocycles. The van der Waals surface area contributed by atoms with E-state index in [0.717, 1.165) is 6.07 Å². The maximum atomic E-state index is 12.4. The Labute approximate surface area is 83.4 Å². The Bertz CT molecular complexity index is 508. The SMILES string of the molecule is N#CCc1cc(C(F)F)c(C#N)c(=O)[nH]1. The summed E-state index contributed by atoms with van der Waals surface area (Å²) in [5, 5.41) is 16.8. The second-order valence-electron chi connectivity index (χ2n) is 2.70. The molecule has 1 aromatic rings. The van der Waals surface area contributed by atoms with Crippen LogP contribution in [0.25, 0.3) is 0 Å². The summed E-state index contributed by atoms with van der Waals surface area (Å²) < 4.78 is 24.9. The zero-order valence-corrected chi connectivity index (χ0v) is 7.42. The van der Waals surface area contributed by atoms with E-state index in [1.54, 1.807) is 6.07 Å². The standard InChI is InChI=1S/C9H5F2N3O/c10-8(11)6-3-5(1-2-12)14-9(15)7(6)4-13/h3,8H,1H2,(H,14,15). The smallest absolute Gasteiger partial charge is 0.266 e. The van der Waals surface area contributed by atoms with Gasteiger partial charge in [-0.3, -0.25) is 4.79 Å². The molecule has 0 aliphatic heterocycles. The zero-order chi connectivity index (χ0) is 11.4. The van der Waals surface area contributed by atoms with Crippen molar-refractivity contribution < 1.29 is 8.78 Å². The van der Waals surface area contributed by atoms with Crippen LogP contribution in [0.1, 0.15) is 23.2 Å². The van der Waals surface area contributed by atoms with Crippen molar-refractivity contribution in [1.82, 2.24) is 4.98 Å². The van der Waals surface area contributed by atoms with Crippen LogP contribution in [0.2, 0.25) is 0 Å². The molecule has 1 rings (SSSR count). The number of rotatable bonds is 2. The minimum absolute atomic E-state index is 0.0804. The molecule has 0 fully saturated rings. The van der Waals surface area contributed by atoms with Crippen LogP contribution in [0.5, 0.6) is 0 Å². The van der Waals surface area contributed by atoms with Gasteiger partial charge in [0.15, 0.2) is 0 Å². The van der Waals surface area contributed by atoms with E-state index in [4.69, 9.17) is 10.5 Å². The number of pyridine rings is 1. The maximum absolute atomic E-state index is 12.4. The summed E-state index contributed by atoms with van der Waals surface area (Å²) in [6.45, 7) is 0. The molecule has 0 spiro atoms. The van der Waals surface area contributed by atoms with E-state index < -0.39 is 23.1 Å². The first-order valence-corrected chi connectivity index (χ1v) is 3.91. The molecular formula is C9H5F2N3O. The van der Waals surface area contributed by atoms with E-state index in [1.165, 1.54) is 6.07 Å².